The van der Waals surface area contributed by atoms with Crippen LogP contribution in [0.25, 0.3) is 5.78 Å². The SMILES string of the molecule is Cc1ccnc2nc(C(=O)Nc3cc(C(C)C)[nH]n3)nn12. The van der Waals surface area contributed by atoms with Crippen molar-refractivity contribution in [2.24, 2.45) is 0 Å². The molecule has 8 nitrogen and oxygen atoms in total. The zero-order valence-electron chi connectivity index (χ0n) is 12.0. The van der Waals surface area contributed by atoms with Crippen molar-refractivity contribution in [2.75, 3.05) is 5.32 Å². The predicted octanol–water partition coefficient (Wildman–Crippen LogP) is 1.53. The number of H-pyrrole nitrogens is 1. The van der Waals surface area contributed by atoms with E-state index >= 15 is 0 Å². The van der Waals surface area contributed by atoms with E-state index < -0.39 is 5.91 Å². The number of rotatable bonds is 3. The Hall–Kier alpha value is -2.77. The third-order valence-electron chi connectivity index (χ3n) is 3.09. The minimum absolute atomic E-state index is 0.0610. The third-order valence-corrected chi connectivity index (χ3v) is 3.09. The Morgan fingerprint density at radius 1 is 1.43 bits per heavy atom. The molecule has 3 aromatic rings. The number of nitrogens with zero attached hydrogens (tertiary/aromatic N) is 5. The van der Waals surface area contributed by atoms with E-state index in [4.69, 9.17) is 0 Å². The maximum atomic E-state index is 12.1. The van der Waals surface area contributed by atoms with Crippen molar-refractivity contribution in [3.8, 4) is 0 Å². The van der Waals surface area contributed by atoms with Crippen LogP contribution >= 0.6 is 0 Å². The Kier molecular flexibility index (Phi) is 3.13. The van der Waals surface area contributed by atoms with Crippen LogP contribution in [0.15, 0.2) is 18.3 Å². The zero-order chi connectivity index (χ0) is 15.0. The molecule has 0 saturated heterocycles. The van der Waals surface area contributed by atoms with Gasteiger partial charge in [0.1, 0.15) is 0 Å². The molecule has 0 atom stereocenters. The van der Waals surface area contributed by atoms with E-state index in [0.29, 0.717) is 17.5 Å². The smallest absolute Gasteiger partial charge is 0.296 e. The topological polar surface area (TPSA) is 101 Å². The highest BCUT2D eigenvalue weighted by atomic mass is 16.2. The minimum Gasteiger partial charge on any atom is -0.302 e. The fourth-order valence-electron chi connectivity index (χ4n) is 1.87. The highest BCUT2D eigenvalue weighted by Gasteiger charge is 2.16. The molecule has 0 radical (unpaired) electrons. The summed E-state index contributed by atoms with van der Waals surface area (Å²) in [7, 11) is 0. The van der Waals surface area contributed by atoms with Crippen LogP contribution in [-0.4, -0.2) is 35.7 Å². The first-order chi connectivity index (χ1) is 10.0. The van der Waals surface area contributed by atoms with E-state index in [-0.39, 0.29) is 5.82 Å². The fourth-order valence-corrected chi connectivity index (χ4v) is 1.87. The molecule has 0 bridgehead atoms. The van der Waals surface area contributed by atoms with Crippen molar-refractivity contribution in [3.05, 3.63) is 35.5 Å². The third kappa shape index (κ3) is 2.47. The average Bonchev–Trinajstić information content (AvgIpc) is 3.05. The molecule has 3 aromatic heterocycles. The molecule has 108 valence electrons. The van der Waals surface area contributed by atoms with Crippen LogP contribution in [0.1, 0.15) is 41.8 Å². The molecule has 8 heteroatoms. The van der Waals surface area contributed by atoms with Crippen LogP contribution in [0.5, 0.6) is 0 Å². The molecule has 0 spiro atoms. The molecule has 0 fully saturated rings. The summed E-state index contributed by atoms with van der Waals surface area (Å²) in [6.45, 7) is 5.95. The van der Waals surface area contributed by atoms with Gasteiger partial charge in [0.15, 0.2) is 5.82 Å². The minimum atomic E-state index is -0.415. The number of aryl methyl sites for hydroxylation is 1. The summed E-state index contributed by atoms with van der Waals surface area (Å²) in [4.78, 5) is 20.3. The second-order valence-corrected chi connectivity index (χ2v) is 5.05. The Balaban J connectivity index is 1.84. The summed E-state index contributed by atoms with van der Waals surface area (Å²) in [6.07, 6.45) is 1.63. The molecular formula is C13H15N7O. The van der Waals surface area contributed by atoms with E-state index in [0.717, 1.165) is 11.4 Å². The predicted molar refractivity (Wildman–Crippen MR) is 76.1 cm³/mol. The number of carbonyl (C=O) groups excluding carboxylic acids is 1. The van der Waals surface area contributed by atoms with Gasteiger partial charge in [-0.3, -0.25) is 9.89 Å². The number of nitrogens with one attached hydrogen (secondary N) is 2. The van der Waals surface area contributed by atoms with E-state index in [1.165, 1.54) is 4.52 Å². The highest BCUT2D eigenvalue weighted by molar-refractivity contribution is 6.01. The number of anilines is 1. The van der Waals surface area contributed by atoms with Gasteiger partial charge < -0.3 is 5.32 Å². The van der Waals surface area contributed by atoms with Crippen molar-refractivity contribution >= 4 is 17.5 Å². The molecule has 21 heavy (non-hydrogen) atoms. The number of hydrogen-bond donors (Lipinski definition) is 2. The maximum absolute atomic E-state index is 12.1. The average molecular weight is 285 g/mol. The van der Waals surface area contributed by atoms with Gasteiger partial charge in [0.2, 0.25) is 5.82 Å². The molecule has 0 aliphatic rings. The molecule has 0 saturated carbocycles. The number of aromatic amines is 1. The van der Waals surface area contributed by atoms with Gasteiger partial charge in [-0.25, -0.2) is 9.50 Å². The lowest BCUT2D eigenvalue weighted by atomic mass is 10.1. The number of amides is 1. The van der Waals surface area contributed by atoms with Crippen LogP contribution in [0.4, 0.5) is 5.82 Å². The molecular weight excluding hydrogens is 270 g/mol. The Morgan fingerprint density at radius 3 is 2.90 bits per heavy atom. The lowest BCUT2D eigenvalue weighted by Gasteiger charge is -1.97. The van der Waals surface area contributed by atoms with Crippen LogP contribution < -0.4 is 5.32 Å². The number of hydrogen-bond acceptors (Lipinski definition) is 5. The summed E-state index contributed by atoms with van der Waals surface area (Å²) < 4.78 is 1.53. The second-order valence-electron chi connectivity index (χ2n) is 5.05. The van der Waals surface area contributed by atoms with Crippen LogP contribution in [0.2, 0.25) is 0 Å². The van der Waals surface area contributed by atoms with Crippen molar-refractivity contribution in [2.45, 2.75) is 26.7 Å². The lowest BCUT2D eigenvalue weighted by molar-refractivity contribution is 0.101. The van der Waals surface area contributed by atoms with Gasteiger partial charge in [-0.1, -0.05) is 13.8 Å². The van der Waals surface area contributed by atoms with Crippen molar-refractivity contribution in [1.82, 2.24) is 29.8 Å². The van der Waals surface area contributed by atoms with E-state index in [1.807, 2.05) is 20.8 Å². The first-order valence-corrected chi connectivity index (χ1v) is 6.59. The van der Waals surface area contributed by atoms with E-state index in [1.54, 1.807) is 18.3 Å². The van der Waals surface area contributed by atoms with Gasteiger partial charge in [-0.2, -0.15) is 10.1 Å². The largest absolute Gasteiger partial charge is 0.302 e. The molecule has 2 N–H and O–H groups in total. The van der Waals surface area contributed by atoms with Gasteiger partial charge in [-0.15, -0.1) is 5.10 Å². The van der Waals surface area contributed by atoms with Crippen molar-refractivity contribution < 1.29 is 4.79 Å². The summed E-state index contributed by atoms with van der Waals surface area (Å²) >= 11 is 0. The Bertz CT molecular complexity index is 802. The van der Waals surface area contributed by atoms with E-state index in [2.05, 4.69) is 30.6 Å². The van der Waals surface area contributed by atoms with Gasteiger partial charge in [0.25, 0.3) is 11.7 Å². The monoisotopic (exact) mass is 285 g/mol. The first-order valence-electron chi connectivity index (χ1n) is 6.59. The van der Waals surface area contributed by atoms with Gasteiger partial charge >= 0.3 is 0 Å². The molecule has 0 aliphatic carbocycles. The quantitative estimate of drug-likeness (QED) is 0.760. The van der Waals surface area contributed by atoms with Gasteiger partial charge in [0, 0.05) is 23.7 Å². The summed E-state index contributed by atoms with van der Waals surface area (Å²) in [5, 5.41) is 13.7. The lowest BCUT2D eigenvalue weighted by Crippen LogP contribution is -2.14. The molecule has 0 aliphatic heterocycles. The van der Waals surface area contributed by atoms with E-state index in [9.17, 15) is 4.79 Å². The summed E-state index contributed by atoms with van der Waals surface area (Å²) in [5.41, 5.74) is 1.80. The summed E-state index contributed by atoms with van der Waals surface area (Å²) in [5.74, 6) is 0.799. The Labute approximate surface area is 120 Å². The molecule has 0 unspecified atom stereocenters. The van der Waals surface area contributed by atoms with Crippen LogP contribution in [-0.2, 0) is 0 Å². The normalized spacial score (nSPS) is 11.2. The first kappa shape index (κ1) is 13.2. The number of fused-ring (bicyclic) bond motifs is 1. The highest BCUT2D eigenvalue weighted by Crippen LogP contribution is 2.15. The number of aromatic nitrogens is 6. The van der Waals surface area contributed by atoms with Crippen molar-refractivity contribution in [3.63, 3.8) is 0 Å². The molecule has 3 rings (SSSR count). The zero-order valence-corrected chi connectivity index (χ0v) is 12.0. The van der Waals surface area contributed by atoms with Crippen LogP contribution in [0.3, 0.4) is 0 Å². The van der Waals surface area contributed by atoms with Gasteiger partial charge in [-0.05, 0) is 18.9 Å². The van der Waals surface area contributed by atoms with Gasteiger partial charge in [0.05, 0.1) is 0 Å². The molecule has 3 heterocycles. The van der Waals surface area contributed by atoms with Crippen molar-refractivity contribution in [1.29, 1.82) is 0 Å². The second kappa shape index (κ2) is 4.97. The Morgan fingerprint density at radius 2 is 2.24 bits per heavy atom. The molecule has 1 amide bonds. The molecule has 0 aromatic carbocycles. The fraction of sp³-hybridized carbons (Fsp3) is 0.308. The maximum Gasteiger partial charge on any atom is 0.296 e. The van der Waals surface area contributed by atoms with Crippen LogP contribution in [0, 0.1) is 6.92 Å². The standard InChI is InChI=1S/C13H15N7O/c1-7(2)9-6-10(18-17-9)15-12(21)11-16-13-14-5-4-8(3)20(13)19-11/h4-7H,1-3H3,(H2,15,17,18,21). The summed E-state index contributed by atoms with van der Waals surface area (Å²) in [6, 6.07) is 3.59. The number of carbonyl (C=O) groups is 1.